The van der Waals surface area contributed by atoms with Gasteiger partial charge in [-0.1, -0.05) is 36.4 Å². The Morgan fingerprint density at radius 1 is 0.893 bits per heavy atom. The maximum Gasteiger partial charge on any atom is 0.261 e. The molecule has 3 aromatic rings. The number of nitrogens with one attached hydrogen (secondary N) is 2. The Labute approximate surface area is 166 Å². The van der Waals surface area contributed by atoms with E-state index in [-0.39, 0.29) is 4.90 Å². The zero-order valence-electron chi connectivity index (χ0n) is 16.1. The standard InChI is InChI=1S/C22H25N3O2S/c1-16-14-25(15-17(2)23-16)21-9-5-8-20(13-21)24-28(26,27)22-11-10-18-6-3-4-7-19(18)12-22/h3-13,16-17,23-24H,14-15H2,1-2H3/t16-,17+. The van der Waals surface area contributed by atoms with E-state index >= 15 is 0 Å². The summed E-state index contributed by atoms with van der Waals surface area (Å²) in [5.41, 5.74) is 1.60. The van der Waals surface area contributed by atoms with Crippen molar-refractivity contribution in [3.8, 4) is 0 Å². The van der Waals surface area contributed by atoms with E-state index in [0.717, 1.165) is 29.5 Å². The van der Waals surface area contributed by atoms with Crippen LogP contribution in [0, 0.1) is 0 Å². The molecule has 1 heterocycles. The van der Waals surface area contributed by atoms with Crippen LogP contribution in [0.25, 0.3) is 10.8 Å². The molecular formula is C22H25N3O2S. The largest absolute Gasteiger partial charge is 0.368 e. The van der Waals surface area contributed by atoms with Crippen LogP contribution in [0.3, 0.4) is 0 Å². The number of rotatable bonds is 4. The fourth-order valence-corrected chi connectivity index (χ4v) is 4.94. The molecule has 0 saturated carbocycles. The van der Waals surface area contributed by atoms with Gasteiger partial charge in [0.2, 0.25) is 0 Å². The molecule has 0 amide bonds. The molecule has 2 atom stereocenters. The highest BCUT2D eigenvalue weighted by Gasteiger charge is 2.22. The lowest BCUT2D eigenvalue weighted by molar-refractivity contribution is 0.407. The van der Waals surface area contributed by atoms with Crippen molar-refractivity contribution in [2.24, 2.45) is 0 Å². The van der Waals surface area contributed by atoms with Crippen molar-refractivity contribution < 1.29 is 8.42 Å². The minimum absolute atomic E-state index is 0.265. The Balaban J connectivity index is 1.59. The maximum absolute atomic E-state index is 12.9. The zero-order valence-corrected chi connectivity index (χ0v) is 16.9. The number of hydrogen-bond acceptors (Lipinski definition) is 4. The quantitative estimate of drug-likeness (QED) is 0.705. The topological polar surface area (TPSA) is 61.4 Å². The molecule has 0 unspecified atom stereocenters. The molecule has 1 aliphatic rings. The molecule has 1 fully saturated rings. The smallest absolute Gasteiger partial charge is 0.261 e. The van der Waals surface area contributed by atoms with Crippen LogP contribution in [0.4, 0.5) is 11.4 Å². The third-order valence-corrected chi connectivity index (χ3v) is 6.43. The molecule has 2 N–H and O–H groups in total. The molecule has 5 nitrogen and oxygen atoms in total. The monoisotopic (exact) mass is 395 g/mol. The predicted octanol–water partition coefficient (Wildman–Crippen LogP) is 3.83. The summed E-state index contributed by atoms with van der Waals surface area (Å²) in [4.78, 5) is 2.56. The molecule has 146 valence electrons. The number of sulfonamides is 1. The average molecular weight is 396 g/mol. The number of nitrogens with zero attached hydrogens (tertiary/aromatic N) is 1. The molecule has 1 aliphatic heterocycles. The Hall–Kier alpha value is -2.57. The van der Waals surface area contributed by atoms with E-state index in [1.54, 1.807) is 18.2 Å². The number of fused-ring (bicyclic) bond motifs is 1. The second-order valence-corrected chi connectivity index (χ2v) is 9.22. The third kappa shape index (κ3) is 3.98. The second-order valence-electron chi connectivity index (χ2n) is 7.54. The summed E-state index contributed by atoms with van der Waals surface area (Å²) in [6.07, 6.45) is 0. The first kappa shape index (κ1) is 18.8. The van der Waals surface area contributed by atoms with Crippen LogP contribution in [0.2, 0.25) is 0 Å². The Kier molecular flexibility index (Phi) is 5.00. The van der Waals surface area contributed by atoms with E-state index in [9.17, 15) is 8.42 Å². The van der Waals surface area contributed by atoms with Gasteiger partial charge >= 0.3 is 0 Å². The van der Waals surface area contributed by atoms with Crippen molar-refractivity contribution in [1.82, 2.24) is 5.32 Å². The van der Waals surface area contributed by atoms with Gasteiger partial charge in [0.15, 0.2) is 0 Å². The first-order chi connectivity index (χ1) is 13.4. The highest BCUT2D eigenvalue weighted by Crippen LogP contribution is 2.25. The van der Waals surface area contributed by atoms with Gasteiger partial charge in [0, 0.05) is 30.9 Å². The summed E-state index contributed by atoms with van der Waals surface area (Å²) >= 11 is 0. The van der Waals surface area contributed by atoms with Gasteiger partial charge in [-0.25, -0.2) is 8.42 Å². The second kappa shape index (κ2) is 7.45. The molecule has 1 saturated heterocycles. The molecule has 6 heteroatoms. The van der Waals surface area contributed by atoms with Crippen LogP contribution >= 0.6 is 0 Å². The van der Waals surface area contributed by atoms with Crippen LogP contribution < -0.4 is 14.9 Å². The van der Waals surface area contributed by atoms with E-state index in [2.05, 4.69) is 28.8 Å². The lowest BCUT2D eigenvalue weighted by Crippen LogP contribution is -2.54. The van der Waals surface area contributed by atoms with Gasteiger partial charge in [0.25, 0.3) is 10.0 Å². The van der Waals surface area contributed by atoms with E-state index in [4.69, 9.17) is 0 Å². The molecule has 0 aromatic heterocycles. The summed E-state index contributed by atoms with van der Waals surface area (Å²) in [5.74, 6) is 0. The number of benzene rings is 3. The average Bonchev–Trinajstić information content (AvgIpc) is 2.67. The van der Waals surface area contributed by atoms with E-state index in [1.807, 2.05) is 48.5 Å². The molecule has 0 spiro atoms. The van der Waals surface area contributed by atoms with E-state index in [0.29, 0.717) is 17.8 Å². The van der Waals surface area contributed by atoms with E-state index < -0.39 is 10.0 Å². The minimum Gasteiger partial charge on any atom is -0.368 e. The minimum atomic E-state index is -3.65. The SMILES string of the molecule is C[C@@H]1CN(c2cccc(NS(=O)(=O)c3ccc4ccccc4c3)c2)C[C@H](C)N1. The van der Waals surface area contributed by atoms with Crippen molar-refractivity contribution >= 4 is 32.2 Å². The highest BCUT2D eigenvalue weighted by atomic mass is 32.2. The van der Waals surface area contributed by atoms with Gasteiger partial charge in [-0.05, 0) is 55.0 Å². The molecular weight excluding hydrogens is 370 g/mol. The molecule has 0 radical (unpaired) electrons. The summed E-state index contributed by atoms with van der Waals surface area (Å²) in [6, 6.07) is 21.3. The summed E-state index contributed by atoms with van der Waals surface area (Å²) in [7, 11) is -3.65. The zero-order chi connectivity index (χ0) is 19.7. The van der Waals surface area contributed by atoms with Gasteiger partial charge in [0.1, 0.15) is 0 Å². The fraction of sp³-hybridized carbons (Fsp3) is 0.273. The van der Waals surface area contributed by atoms with Crippen LogP contribution in [-0.2, 0) is 10.0 Å². The normalized spacial score (nSPS) is 20.3. The van der Waals surface area contributed by atoms with Crippen LogP contribution in [-0.4, -0.2) is 33.6 Å². The molecule has 28 heavy (non-hydrogen) atoms. The van der Waals surface area contributed by atoms with Crippen molar-refractivity contribution in [3.63, 3.8) is 0 Å². The van der Waals surface area contributed by atoms with Gasteiger partial charge in [-0.2, -0.15) is 0 Å². The Bertz CT molecular complexity index is 1090. The molecule has 0 bridgehead atoms. The molecule has 4 rings (SSSR count). The van der Waals surface area contributed by atoms with E-state index in [1.165, 1.54) is 0 Å². The van der Waals surface area contributed by atoms with Gasteiger partial charge in [-0.15, -0.1) is 0 Å². The van der Waals surface area contributed by atoms with Gasteiger partial charge < -0.3 is 10.2 Å². The van der Waals surface area contributed by atoms with Crippen LogP contribution in [0.1, 0.15) is 13.8 Å². The third-order valence-electron chi connectivity index (χ3n) is 5.05. The van der Waals surface area contributed by atoms with Crippen molar-refractivity contribution in [1.29, 1.82) is 0 Å². The van der Waals surface area contributed by atoms with Gasteiger partial charge in [0.05, 0.1) is 10.6 Å². The summed E-state index contributed by atoms with van der Waals surface area (Å²) < 4.78 is 28.5. The first-order valence-corrected chi connectivity index (χ1v) is 11.0. The van der Waals surface area contributed by atoms with Crippen LogP contribution in [0.5, 0.6) is 0 Å². The first-order valence-electron chi connectivity index (χ1n) is 9.53. The molecule has 0 aliphatic carbocycles. The maximum atomic E-state index is 12.9. The highest BCUT2D eigenvalue weighted by molar-refractivity contribution is 7.92. The lowest BCUT2D eigenvalue weighted by Gasteiger charge is -2.37. The van der Waals surface area contributed by atoms with Crippen LogP contribution in [0.15, 0.2) is 71.6 Å². The van der Waals surface area contributed by atoms with Gasteiger partial charge in [-0.3, -0.25) is 4.72 Å². The summed E-state index contributed by atoms with van der Waals surface area (Å²) in [5, 5.41) is 5.44. The van der Waals surface area contributed by atoms with Crippen molar-refractivity contribution in [2.45, 2.75) is 30.8 Å². The predicted molar refractivity (Wildman–Crippen MR) is 115 cm³/mol. The summed E-state index contributed by atoms with van der Waals surface area (Å²) in [6.45, 7) is 6.11. The number of anilines is 2. The number of hydrogen-bond donors (Lipinski definition) is 2. The Morgan fingerprint density at radius 2 is 1.61 bits per heavy atom. The van der Waals surface area contributed by atoms with Crippen molar-refractivity contribution in [3.05, 3.63) is 66.7 Å². The van der Waals surface area contributed by atoms with Crippen molar-refractivity contribution in [2.75, 3.05) is 22.7 Å². The number of piperazine rings is 1. The Morgan fingerprint density at radius 3 is 2.36 bits per heavy atom. The molecule has 3 aromatic carbocycles. The fourth-order valence-electron chi connectivity index (χ4n) is 3.85. The lowest BCUT2D eigenvalue weighted by atomic mass is 10.1.